The summed E-state index contributed by atoms with van der Waals surface area (Å²) in [5.74, 6) is -0.812. The van der Waals surface area contributed by atoms with E-state index in [1.54, 1.807) is 18.2 Å². The SMILES string of the molecule is Cn1cc([N+](=O)[O-])c(C(=O)NN=Cc2ccccc2O)n1. The number of hydrazone groups is 1. The molecule has 0 fully saturated rings. The number of amides is 1. The van der Waals surface area contributed by atoms with Gasteiger partial charge in [-0.2, -0.15) is 10.2 Å². The Morgan fingerprint density at radius 2 is 2.24 bits per heavy atom. The van der Waals surface area contributed by atoms with Crippen LogP contribution in [0.4, 0.5) is 5.69 Å². The second kappa shape index (κ2) is 5.82. The van der Waals surface area contributed by atoms with Crippen LogP contribution in [0.2, 0.25) is 0 Å². The van der Waals surface area contributed by atoms with Gasteiger partial charge in [0.2, 0.25) is 5.69 Å². The van der Waals surface area contributed by atoms with E-state index in [0.29, 0.717) is 5.56 Å². The first-order valence-corrected chi connectivity index (χ1v) is 5.78. The quantitative estimate of drug-likeness (QED) is 0.489. The number of hydrogen-bond acceptors (Lipinski definition) is 6. The van der Waals surface area contributed by atoms with Crippen LogP contribution in [0.3, 0.4) is 0 Å². The number of para-hydroxylation sites is 1. The van der Waals surface area contributed by atoms with E-state index in [1.807, 2.05) is 0 Å². The fraction of sp³-hybridized carbons (Fsp3) is 0.0833. The van der Waals surface area contributed by atoms with Gasteiger partial charge in [0.15, 0.2) is 0 Å². The van der Waals surface area contributed by atoms with Gasteiger partial charge in [0.05, 0.1) is 11.1 Å². The monoisotopic (exact) mass is 289 g/mol. The van der Waals surface area contributed by atoms with Gasteiger partial charge in [-0.3, -0.25) is 19.6 Å². The van der Waals surface area contributed by atoms with E-state index in [1.165, 1.54) is 24.0 Å². The normalized spacial score (nSPS) is 10.7. The van der Waals surface area contributed by atoms with Crippen LogP contribution in [0.15, 0.2) is 35.6 Å². The molecule has 1 aromatic carbocycles. The lowest BCUT2D eigenvalue weighted by Crippen LogP contribution is -2.19. The standard InChI is InChI=1S/C12H11N5O4/c1-16-7-9(17(20)21)11(15-16)12(19)14-13-6-8-4-2-3-5-10(8)18/h2-7,18H,1H3,(H,14,19). The van der Waals surface area contributed by atoms with Gasteiger partial charge in [0, 0.05) is 12.6 Å². The molecular formula is C12H11N5O4. The molecule has 1 aromatic heterocycles. The molecule has 0 saturated heterocycles. The van der Waals surface area contributed by atoms with Crippen molar-refractivity contribution in [1.29, 1.82) is 0 Å². The number of carbonyl (C=O) groups is 1. The lowest BCUT2D eigenvalue weighted by Gasteiger charge is -1.98. The van der Waals surface area contributed by atoms with Crippen LogP contribution in [-0.4, -0.2) is 31.9 Å². The number of nitro groups is 1. The fourth-order valence-corrected chi connectivity index (χ4v) is 1.58. The molecule has 1 heterocycles. The lowest BCUT2D eigenvalue weighted by atomic mass is 10.2. The summed E-state index contributed by atoms with van der Waals surface area (Å²) in [5.41, 5.74) is 1.77. The number of aromatic nitrogens is 2. The minimum absolute atomic E-state index is 0.000634. The number of nitrogens with zero attached hydrogens (tertiary/aromatic N) is 4. The average molecular weight is 289 g/mol. The highest BCUT2D eigenvalue weighted by Gasteiger charge is 2.24. The zero-order valence-electron chi connectivity index (χ0n) is 10.9. The predicted molar refractivity (Wildman–Crippen MR) is 73.0 cm³/mol. The summed E-state index contributed by atoms with van der Waals surface area (Å²) >= 11 is 0. The highest BCUT2D eigenvalue weighted by atomic mass is 16.6. The third kappa shape index (κ3) is 3.21. The molecule has 0 aliphatic rings. The number of phenolic OH excluding ortho intramolecular Hbond substituents is 1. The van der Waals surface area contributed by atoms with E-state index >= 15 is 0 Å². The molecule has 2 rings (SSSR count). The first-order chi connectivity index (χ1) is 9.99. The second-order valence-electron chi connectivity index (χ2n) is 4.05. The van der Waals surface area contributed by atoms with Gasteiger partial charge in [-0.15, -0.1) is 0 Å². The summed E-state index contributed by atoms with van der Waals surface area (Å²) in [6.07, 6.45) is 2.35. The molecule has 0 atom stereocenters. The van der Waals surface area contributed by atoms with E-state index in [2.05, 4.69) is 15.6 Å². The number of aromatic hydroxyl groups is 1. The number of carbonyl (C=O) groups excluding carboxylic acids is 1. The van der Waals surface area contributed by atoms with Crippen molar-refractivity contribution >= 4 is 17.8 Å². The summed E-state index contributed by atoms with van der Waals surface area (Å²) < 4.78 is 1.17. The second-order valence-corrected chi connectivity index (χ2v) is 4.05. The molecule has 0 aliphatic heterocycles. The van der Waals surface area contributed by atoms with Crippen molar-refractivity contribution in [3.8, 4) is 5.75 Å². The third-order valence-corrected chi connectivity index (χ3v) is 2.53. The van der Waals surface area contributed by atoms with Gasteiger partial charge in [0.25, 0.3) is 5.91 Å². The number of rotatable bonds is 4. The van der Waals surface area contributed by atoms with Crippen molar-refractivity contribution in [1.82, 2.24) is 15.2 Å². The van der Waals surface area contributed by atoms with E-state index < -0.39 is 16.5 Å². The summed E-state index contributed by atoms with van der Waals surface area (Å²) in [6, 6.07) is 6.38. The summed E-state index contributed by atoms with van der Waals surface area (Å²) in [5, 5.41) is 27.6. The molecule has 21 heavy (non-hydrogen) atoms. The molecular weight excluding hydrogens is 278 g/mol. The highest BCUT2D eigenvalue weighted by Crippen LogP contribution is 2.16. The van der Waals surface area contributed by atoms with Crippen molar-refractivity contribution in [2.75, 3.05) is 0 Å². The molecule has 0 bridgehead atoms. The first kappa shape index (κ1) is 14.2. The van der Waals surface area contributed by atoms with Gasteiger partial charge in [-0.05, 0) is 12.1 Å². The van der Waals surface area contributed by atoms with Gasteiger partial charge in [-0.25, -0.2) is 5.43 Å². The van der Waals surface area contributed by atoms with Crippen LogP contribution >= 0.6 is 0 Å². The maximum atomic E-state index is 11.8. The Morgan fingerprint density at radius 3 is 2.90 bits per heavy atom. The number of phenols is 1. The van der Waals surface area contributed by atoms with E-state index in [0.717, 1.165) is 6.20 Å². The van der Waals surface area contributed by atoms with Gasteiger partial charge in [-0.1, -0.05) is 12.1 Å². The molecule has 0 aliphatic carbocycles. The smallest absolute Gasteiger partial charge is 0.320 e. The summed E-state index contributed by atoms with van der Waals surface area (Å²) in [4.78, 5) is 21.9. The lowest BCUT2D eigenvalue weighted by molar-refractivity contribution is -0.385. The number of benzene rings is 1. The number of hydrogen-bond donors (Lipinski definition) is 2. The number of nitrogens with one attached hydrogen (secondary N) is 1. The van der Waals surface area contributed by atoms with Crippen molar-refractivity contribution in [3.63, 3.8) is 0 Å². The Kier molecular flexibility index (Phi) is 3.93. The molecule has 9 nitrogen and oxygen atoms in total. The minimum atomic E-state index is -0.811. The summed E-state index contributed by atoms with van der Waals surface area (Å²) in [6.45, 7) is 0. The molecule has 0 spiro atoms. The van der Waals surface area contributed by atoms with E-state index in [4.69, 9.17) is 0 Å². The molecule has 2 N–H and O–H groups in total. The van der Waals surface area contributed by atoms with Crippen LogP contribution in [0, 0.1) is 10.1 Å². The Bertz CT molecular complexity index is 722. The topological polar surface area (TPSA) is 123 Å². The van der Waals surface area contributed by atoms with Crippen LogP contribution in [0.1, 0.15) is 16.1 Å². The molecule has 0 saturated carbocycles. The third-order valence-electron chi connectivity index (χ3n) is 2.53. The Balaban J connectivity index is 2.12. The van der Waals surface area contributed by atoms with Crippen molar-refractivity contribution < 1.29 is 14.8 Å². The Hall–Kier alpha value is -3.23. The summed E-state index contributed by atoms with van der Waals surface area (Å²) in [7, 11) is 1.47. The molecule has 2 aromatic rings. The molecule has 0 radical (unpaired) electrons. The van der Waals surface area contributed by atoms with Crippen molar-refractivity contribution in [2.45, 2.75) is 0 Å². The van der Waals surface area contributed by atoms with Crippen molar-refractivity contribution in [3.05, 3.63) is 51.8 Å². The van der Waals surface area contributed by atoms with Gasteiger partial charge in [0.1, 0.15) is 11.9 Å². The van der Waals surface area contributed by atoms with Crippen LogP contribution in [-0.2, 0) is 7.05 Å². The maximum absolute atomic E-state index is 11.8. The molecule has 9 heteroatoms. The van der Waals surface area contributed by atoms with Gasteiger partial charge >= 0.3 is 5.69 Å². The largest absolute Gasteiger partial charge is 0.507 e. The van der Waals surface area contributed by atoms with Crippen molar-refractivity contribution in [2.24, 2.45) is 12.1 Å². The fourth-order valence-electron chi connectivity index (χ4n) is 1.58. The minimum Gasteiger partial charge on any atom is -0.507 e. The molecule has 108 valence electrons. The predicted octanol–water partition coefficient (Wildman–Crippen LogP) is 0.798. The zero-order chi connectivity index (χ0) is 15.4. The molecule has 0 unspecified atom stereocenters. The van der Waals surface area contributed by atoms with Crippen LogP contribution in [0.5, 0.6) is 5.75 Å². The van der Waals surface area contributed by atoms with E-state index in [9.17, 15) is 20.0 Å². The Labute approximate surface area is 118 Å². The maximum Gasteiger partial charge on any atom is 0.320 e. The molecule has 1 amide bonds. The Morgan fingerprint density at radius 1 is 1.52 bits per heavy atom. The highest BCUT2D eigenvalue weighted by molar-refractivity contribution is 5.96. The average Bonchev–Trinajstić information content (AvgIpc) is 2.83. The van der Waals surface area contributed by atoms with Gasteiger partial charge < -0.3 is 5.11 Å². The van der Waals surface area contributed by atoms with E-state index in [-0.39, 0.29) is 11.4 Å². The number of aryl methyl sites for hydroxylation is 1. The first-order valence-electron chi connectivity index (χ1n) is 5.78. The van der Waals surface area contributed by atoms with Crippen LogP contribution in [0.25, 0.3) is 0 Å². The zero-order valence-corrected chi connectivity index (χ0v) is 10.9. The van der Waals surface area contributed by atoms with Crippen LogP contribution < -0.4 is 5.43 Å².